The standard InChI is InChI=1S/C34H48N2O4/c37-31-23-15-17-25-30-26(34(40)36(33(25)39)28-14-6-10-20-8-2-4-12-22(20)28)18-16-24(29(23)30)32(38)35(31)27-13-5-9-19-7-1-3-11-21(19)27/h19-30H,1-18H2. The molecule has 2 aliphatic heterocycles. The molecule has 0 aromatic carbocycles. The number of rotatable bonds is 2. The number of carbonyl (C=O) groups excluding carboxylic acids is 4. The van der Waals surface area contributed by atoms with Crippen molar-refractivity contribution in [1.29, 1.82) is 0 Å². The molecule has 0 aromatic rings. The highest BCUT2D eigenvalue weighted by atomic mass is 16.2. The lowest BCUT2D eigenvalue weighted by Gasteiger charge is -2.60. The predicted octanol–water partition coefficient (Wildman–Crippen LogP) is 5.73. The van der Waals surface area contributed by atoms with Crippen LogP contribution in [0.25, 0.3) is 0 Å². The lowest BCUT2D eigenvalue weighted by molar-refractivity contribution is -0.192. The normalized spacial score (nSPS) is 48.8. The Hall–Kier alpha value is -1.72. The minimum atomic E-state index is -0.180. The molecule has 10 unspecified atom stereocenters. The molecule has 6 nitrogen and oxygen atoms in total. The van der Waals surface area contributed by atoms with Crippen LogP contribution in [0.4, 0.5) is 0 Å². The molecule has 40 heavy (non-hydrogen) atoms. The van der Waals surface area contributed by atoms with Crippen LogP contribution in [0.2, 0.25) is 0 Å². The van der Waals surface area contributed by atoms with Gasteiger partial charge in [0.25, 0.3) is 0 Å². The van der Waals surface area contributed by atoms with Crippen LogP contribution in [0.1, 0.15) is 116 Å². The molecule has 4 amide bonds. The first-order chi connectivity index (χ1) is 19.5. The van der Waals surface area contributed by atoms with E-state index in [4.69, 9.17) is 0 Å². The molecule has 6 heteroatoms. The van der Waals surface area contributed by atoms with Gasteiger partial charge in [0.2, 0.25) is 23.6 Å². The van der Waals surface area contributed by atoms with Gasteiger partial charge >= 0.3 is 0 Å². The quantitative estimate of drug-likeness (QED) is 0.413. The van der Waals surface area contributed by atoms with Crippen LogP contribution < -0.4 is 0 Å². The molecule has 2 heterocycles. The molecule has 8 rings (SSSR count). The average Bonchev–Trinajstić information content (AvgIpc) is 2.99. The van der Waals surface area contributed by atoms with Crippen molar-refractivity contribution in [3.63, 3.8) is 0 Å². The smallest absolute Gasteiger partial charge is 0.232 e. The van der Waals surface area contributed by atoms with Gasteiger partial charge in [-0.1, -0.05) is 64.2 Å². The first-order valence-electron chi connectivity index (χ1n) is 17.3. The monoisotopic (exact) mass is 548 g/mol. The third-order valence-electron chi connectivity index (χ3n) is 13.8. The van der Waals surface area contributed by atoms with Crippen molar-refractivity contribution in [2.24, 2.45) is 59.2 Å². The van der Waals surface area contributed by atoms with Crippen LogP contribution >= 0.6 is 0 Å². The van der Waals surface area contributed by atoms with Crippen molar-refractivity contribution in [3.05, 3.63) is 0 Å². The molecule has 6 aliphatic carbocycles. The number of imide groups is 2. The fourth-order valence-electron chi connectivity index (χ4n) is 12.3. The summed E-state index contributed by atoms with van der Waals surface area (Å²) in [6.07, 6.45) is 19.3. The van der Waals surface area contributed by atoms with Crippen molar-refractivity contribution in [2.45, 2.75) is 128 Å². The summed E-state index contributed by atoms with van der Waals surface area (Å²) < 4.78 is 0. The Balaban J connectivity index is 1.08. The van der Waals surface area contributed by atoms with E-state index in [1.807, 2.05) is 0 Å². The SMILES string of the molecule is O=C1C2CCC3C(=O)N(C4CCCC5CCCCC54)C(=O)C4CCC(C(=O)N1C1CCCC5CCCCC51)C2C34. The molecule has 0 N–H and O–H groups in total. The Labute approximate surface area is 239 Å². The Morgan fingerprint density at radius 3 is 1.07 bits per heavy atom. The highest BCUT2D eigenvalue weighted by Gasteiger charge is 2.65. The van der Waals surface area contributed by atoms with Gasteiger partial charge in [-0.3, -0.25) is 29.0 Å². The third-order valence-corrected chi connectivity index (χ3v) is 13.8. The lowest BCUT2D eigenvalue weighted by Crippen LogP contribution is -2.69. The first kappa shape index (κ1) is 25.9. The van der Waals surface area contributed by atoms with Crippen molar-refractivity contribution >= 4 is 23.6 Å². The van der Waals surface area contributed by atoms with E-state index < -0.39 is 0 Å². The molecule has 8 fully saturated rings. The number of likely N-dealkylation sites (tertiary alicyclic amines) is 2. The highest BCUT2D eigenvalue weighted by Crippen LogP contribution is 2.59. The summed E-state index contributed by atoms with van der Waals surface area (Å²) in [5, 5.41) is 0. The van der Waals surface area contributed by atoms with Crippen LogP contribution in [0.15, 0.2) is 0 Å². The van der Waals surface area contributed by atoms with Gasteiger partial charge in [-0.25, -0.2) is 0 Å². The lowest BCUT2D eigenvalue weighted by atomic mass is 9.50. The minimum Gasteiger partial charge on any atom is -0.279 e. The molecule has 0 bridgehead atoms. The number of hydrogen-bond donors (Lipinski definition) is 0. The van der Waals surface area contributed by atoms with Crippen molar-refractivity contribution in [3.8, 4) is 0 Å². The molecule has 0 radical (unpaired) electrons. The van der Waals surface area contributed by atoms with Gasteiger partial charge < -0.3 is 0 Å². The van der Waals surface area contributed by atoms with Crippen molar-refractivity contribution in [1.82, 2.24) is 9.80 Å². The number of nitrogens with zero attached hydrogens (tertiary/aromatic N) is 2. The molecule has 0 aromatic heterocycles. The molecule has 10 atom stereocenters. The van der Waals surface area contributed by atoms with E-state index in [9.17, 15) is 19.2 Å². The van der Waals surface area contributed by atoms with Gasteiger partial charge in [0.15, 0.2) is 0 Å². The second-order valence-corrected chi connectivity index (χ2v) is 15.2. The summed E-state index contributed by atoms with van der Waals surface area (Å²) in [5.74, 6) is 1.58. The summed E-state index contributed by atoms with van der Waals surface area (Å²) in [5.41, 5.74) is 0. The topological polar surface area (TPSA) is 74.8 Å². The number of amides is 4. The van der Waals surface area contributed by atoms with Crippen LogP contribution in [-0.4, -0.2) is 45.5 Å². The zero-order valence-corrected chi connectivity index (χ0v) is 24.2. The van der Waals surface area contributed by atoms with E-state index >= 15 is 0 Å². The summed E-state index contributed by atoms with van der Waals surface area (Å²) in [6.45, 7) is 0. The average molecular weight is 549 g/mol. The van der Waals surface area contributed by atoms with E-state index in [1.165, 1.54) is 51.4 Å². The molecular formula is C34H48N2O4. The van der Waals surface area contributed by atoms with Gasteiger partial charge in [0.1, 0.15) is 0 Å². The molecular weight excluding hydrogens is 500 g/mol. The van der Waals surface area contributed by atoms with E-state index in [2.05, 4.69) is 0 Å². The molecule has 2 saturated heterocycles. The Bertz CT molecular complexity index is 952. The minimum absolute atomic E-state index is 0.0567. The Kier molecular flexibility index (Phi) is 6.44. The molecule has 0 spiro atoms. The van der Waals surface area contributed by atoms with Gasteiger partial charge in [-0.2, -0.15) is 0 Å². The number of carbonyl (C=O) groups is 4. The molecule has 6 saturated carbocycles. The van der Waals surface area contributed by atoms with E-state index in [0.717, 1.165) is 38.5 Å². The predicted molar refractivity (Wildman–Crippen MR) is 149 cm³/mol. The maximum atomic E-state index is 14.3. The van der Waals surface area contributed by atoms with Crippen LogP contribution in [0, 0.1) is 59.2 Å². The van der Waals surface area contributed by atoms with Gasteiger partial charge in [0, 0.05) is 35.8 Å². The van der Waals surface area contributed by atoms with Crippen molar-refractivity contribution < 1.29 is 19.2 Å². The summed E-state index contributed by atoms with van der Waals surface area (Å²) in [4.78, 5) is 60.6. The van der Waals surface area contributed by atoms with Crippen LogP contribution in [0.5, 0.6) is 0 Å². The fourth-order valence-corrected chi connectivity index (χ4v) is 12.3. The summed E-state index contributed by atoms with van der Waals surface area (Å²) in [6, 6.07) is 0.158. The maximum Gasteiger partial charge on any atom is 0.232 e. The Morgan fingerprint density at radius 2 is 0.700 bits per heavy atom. The molecule has 218 valence electrons. The van der Waals surface area contributed by atoms with E-state index in [-0.39, 0.29) is 71.2 Å². The molecule has 8 aliphatic rings. The van der Waals surface area contributed by atoms with Gasteiger partial charge in [-0.15, -0.1) is 0 Å². The number of hydrogen-bond acceptors (Lipinski definition) is 4. The fraction of sp³-hybridized carbons (Fsp3) is 0.882. The van der Waals surface area contributed by atoms with Crippen LogP contribution in [0.3, 0.4) is 0 Å². The second-order valence-electron chi connectivity index (χ2n) is 15.2. The van der Waals surface area contributed by atoms with Crippen LogP contribution in [-0.2, 0) is 19.2 Å². The maximum absolute atomic E-state index is 14.3. The zero-order chi connectivity index (χ0) is 27.1. The number of fused-ring (bicyclic) bond motifs is 2. The zero-order valence-electron chi connectivity index (χ0n) is 24.2. The second kappa shape index (κ2) is 9.93. The number of piperidine rings is 2. The summed E-state index contributed by atoms with van der Waals surface area (Å²) in [7, 11) is 0. The Morgan fingerprint density at radius 1 is 0.375 bits per heavy atom. The van der Waals surface area contributed by atoms with Crippen molar-refractivity contribution in [2.75, 3.05) is 0 Å². The third kappa shape index (κ3) is 3.71. The first-order valence-corrected chi connectivity index (χ1v) is 17.3. The van der Waals surface area contributed by atoms with E-state index in [0.29, 0.717) is 49.4 Å². The highest BCUT2D eigenvalue weighted by molar-refractivity contribution is 6.04. The van der Waals surface area contributed by atoms with E-state index in [1.54, 1.807) is 9.80 Å². The van der Waals surface area contributed by atoms with Gasteiger partial charge in [-0.05, 0) is 86.9 Å². The van der Waals surface area contributed by atoms with Gasteiger partial charge in [0.05, 0.1) is 0 Å². The summed E-state index contributed by atoms with van der Waals surface area (Å²) >= 11 is 0. The largest absolute Gasteiger partial charge is 0.279 e.